The van der Waals surface area contributed by atoms with Gasteiger partial charge in [0.2, 0.25) is 0 Å². The van der Waals surface area contributed by atoms with E-state index in [0.717, 1.165) is 11.3 Å². The highest BCUT2D eigenvalue weighted by molar-refractivity contribution is 6.01. The summed E-state index contributed by atoms with van der Waals surface area (Å²) in [5.41, 5.74) is 6.26. The summed E-state index contributed by atoms with van der Waals surface area (Å²) in [5, 5.41) is 28.4. The molecule has 0 saturated carbocycles. The summed E-state index contributed by atoms with van der Waals surface area (Å²) in [4.78, 5) is 22.0. The quantitative estimate of drug-likeness (QED) is 0.336. The Morgan fingerprint density at radius 1 is 1.08 bits per heavy atom. The molecule has 1 aromatic rings. The van der Waals surface area contributed by atoms with Crippen LogP contribution < -0.4 is 5.73 Å². The monoisotopic (exact) mass is 717 g/mol. The van der Waals surface area contributed by atoms with Gasteiger partial charge < -0.3 is 49.4 Å². The molecule has 5 rings (SSSR count). The molecule has 3 saturated heterocycles. The van der Waals surface area contributed by atoms with Crippen molar-refractivity contribution in [2.24, 2.45) is 34.6 Å². The molecule has 1 unspecified atom stereocenters. The van der Waals surface area contributed by atoms with Gasteiger partial charge in [0.05, 0.1) is 48.3 Å². The standard InChI is InChI=1S/C39H63N3O9/c1-11-30-39(8)34(40)23(4)32(50-39)21(2)19-38(7,45)35(49-37-31(43)29(42(9)10)17-22(3)47-37)24(5)33(25(6)36(44)48-30)46-20-27-18-28(41-51-27)26-15-13-12-14-16-26/h12-16,21-25,27,29-35,37,43,45H,11,17-20,40H2,1-10H3/t21-,22-,23+,24+,25-,27?,29+,30-,31-,32-,33+,34+,35-,37+,38+,39+/m1/s1. The highest BCUT2D eigenvalue weighted by Gasteiger charge is 2.57. The number of nitrogens with two attached hydrogens (primary N) is 1. The van der Waals surface area contributed by atoms with E-state index >= 15 is 0 Å². The van der Waals surface area contributed by atoms with Gasteiger partial charge >= 0.3 is 5.97 Å². The van der Waals surface area contributed by atoms with Crippen LogP contribution in [0.25, 0.3) is 0 Å². The van der Waals surface area contributed by atoms with Crippen molar-refractivity contribution in [3.05, 3.63) is 35.9 Å². The number of ether oxygens (including phenoxy) is 5. The van der Waals surface area contributed by atoms with Gasteiger partial charge in [0, 0.05) is 30.3 Å². The van der Waals surface area contributed by atoms with Crippen LogP contribution in [0, 0.1) is 23.7 Å². The second-order valence-corrected chi connectivity index (χ2v) is 16.4. The molecule has 4 aliphatic rings. The van der Waals surface area contributed by atoms with Crippen molar-refractivity contribution in [1.29, 1.82) is 0 Å². The minimum absolute atomic E-state index is 0.0682. The normalized spacial score (nSPS) is 45.3. The summed E-state index contributed by atoms with van der Waals surface area (Å²) in [6.07, 6.45) is -3.24. The number of hydrogen-bond acceptors (Lipinski definition) is 12. The number of likely N-dealkylation sites (N-methyl/N-ethyl adjacent to an activating group) is 1. The van der Waals surface area contributed by atoms with Crippen LogP contribution in [0.4, 0.5) is 0 Å². The first kappa shape index (κ1) is 40.0. The van der Waals surface area contributed by atoms with Gasteiger partial charge in [0.15, 0.2) is 12.4 Å². The van der Waals surface area contributed by atoms with E-state index < -0.39 is 65.8 Å². The maximum atomic E-state index is 14.2. The van der Waals surface area contributed by atoms with Crippen LogP contribution in [0.5, 0.6) is 0 Å². The van der Waals surface area contributed by atoms with Crippen molar-refractivity contribution in [2.75, 3.05) is 20.7 Å². The lowest BCUT2D eigenvalue weighted by Crippen LogP contribution is -2.59. The lowest BCUT2D eigenvalue weighted by atomic mass is 9.75. The fourth-order valence-corrected chi connectivity index (χ4v) is 9.10. The molecule has 51 heavy (non-hydrogen) atoms. The van der Waals surface area contributed by atoms with E-state index in [-0.39, 0.29) is 42.8 Å². The number of carbonyl (C=O) groups is 1. The number of aliphatic hydroxyl groups excluding tert-OH is 1. The zero-order valence-electron chi connectivity index (χ0n) is 32.2. The molecule has 288 valence electrons. The maximum Gasteiger partial charge on any atom is 0.311 e. The van der Waals surface area contributed by atoms with Gasteiger partial charge in [0.25, 0.3) is 0 Å². The van der Waals surface area contributed by atoms with Gasteiger partial charge in [-0.3, -0.25) is 4.79 Å². The third-order valence-electron chi connectivity index (χ3n) is 12.0. The molecule has 0 aromatic heterocycles. The van der Waals surface area contributed by atoms with Crippen molar-refractivity contribution < 1.29 is 43.5 Å². The first-order valence-corrected chi connectivity index (χ1v) is 18.9. The Kier molecular flexibility index (Phi) is 12.6. The van der Waals surface area contributed by atoms with Gasteiger partial charge in [-0.2, -0.15) is 0 Å². The second kappa shape index (κ2) is 16.1. The van der Waals surface area contributed by atoms with Crippen LogP contribution >= 0.6 is 0 Å². The lowest BCUT2D eigenvalue weighted by Gasteiger charge is -2.47. The molecule has 4 N–H and O–H groups in total. The van der Waals surface area contributed by atoms with E-state index in [1.165, 1.54) is 0 Å². The molecule has 0 spiro atoms. The molecule has 0 amide bonds. The average molecular weight is 718 g/mol. The van der Waals surface area contributed by atoms with Gasteiger partial charge in [-0.15, -0.1) is 0 Å². The van der Waals surface area contributed by atoms with Crippen LogP contribution in [0.15, 0.2) is 35.5 Å². The number of oxime groups is 1. The number of benzene rings is 1. The molecule has 3 fully saturated rings. The number of cyclic esters (lactones) is 1. The Bertz CT molecular complexity index is 1350. The summed E-state index contributed by atoms with van der Waals surface area (Å²) >= 11 is 0. The number of carbonyl (C=O) groups excluding carboxylic acids is 1. The summed E-state index contributed by atoms with van der Waals surface area (Å²) < 4.78 is 32.7. The third kappa shape index (κ3) is 8.33. The molecule has 16 atom stereocenters. The number of nitrogens with zero attached hydrogens (tertiary/aromatic N) is 2. The number of rotatable bonds is 8. The number of esters is 1. The van der Waals surface area contributed by atoms with Crippen molar-refractivity contribution in [3.8, 4) is 0 Å². The van der Waals surface area contributed by atoms with Gasteiger partial charge in [-0.05, 0) is 72.5 Å². The topological polar surface area (TPSA) is 155 Å². The molecule has 2 bridgehead atoms. The molecular weight excluding hydrogens is 654 g/mol. The predicted molar refractivity (Wildman–Crippen MR) is 193 cm³/mol. The fraction of sp³-hybridized carbons (Fsp3) is 0.795. The second-order valence-electron chi connectivity index (χ2n) is 16.4. The molecule has 1 aromatic carbocycles. The summed E-state index contributed by atoms with van der Waals surface area (Å²) in [7, 11) is 3.84. The molecular formula is C39H63N3O9. The summed E-state index contributed by atoms with van der Waals surface area (Å²) in [6, 6.07) is 9.23. The Morgan fingerprint density at radius 2 is 1.76 bits per heavy atom. The van der Waals surface area contributed by atoms with E-state index in [2.05, 4.69) is 19.0 Å². The van der Waals surface area contributed by atoms with E-state index in [4.69, 9.17) is 34.3 Å². The van der Waals surface area contributed by atoms with Crippen molar-refractivity contribution in [3.63, 3.8) is 0 Å². The molecule has 0 aliphatic carbocycles. The van der Waals surface area contributed by atoms with Crippen molar-refractivity contribution in [1.82, 2.24) is 4.90 Å². The molecule has 0 radical (unpaired) electrons. The van der Waals surface area contributed by atoms with Crippen molar-refractivity contribution >= 4 is 11.7 Å². The minimum Gasteiger partial charge on any atom is -0.459 e. The Labute approximate surface area is 304 Å². The first-order chi connectivity index (χ1) is 24.0. The number of aliphatic hydroxyl groups is 2. The van der Waals surface area contributed by atoms with E-state index in [1.54, 1.807) is 13.8 Å². The van der Waals surface area contributed by atoms with Gasteiger partial charge in [0.1, 0.15) is 17.8 Å². The summed E-state index contributed by atoms with van der Waals surface area (Å²) in [6.45, 7) is 15.6. The SMILES string of the molecule is CC[C@H]1OC(=O)[C@H](C)[C@@H](OCC2CC(c3ccccc3)=NO2)[C@H](C)[C@@H](O[C@@H]2O[C@H](C)C[C@H](N(C)C)[C@H]2O)[C@@](C)(O)C[C@@H](C)[C@H]2O[C@]1(C)[C@@H](N)[C@H]2C. The Balaban J connectivity index is 1.49. The Hall–Kier alpha value is -2.16. The highest BCUT2D eigenvalue weighted by Crippen LogP contribution is 2.45. The van der Waals surface area contributed by atoms with Crippen LogP contribution in [0.3, 0.4) is 0 Å². The molecule has 4 aliphatic heterocycles. The number of hydrogen-bond donors (Lipinski definition) is 3. The van der Waals surface area contributed by atoms with E-state index in [1.807, 2.05) is 77.0 Å². The van der Waals surface area contributed by atoms with Crippen LogP contribution in [0.2, 0.25) is 0 Å². The van der Waals surface area contributed by atoms with E-state index in [9.17, 15) is 15.0 Å². The zero-order valence-corrected chi connectivity index (χ0v) is 32.2. The van der Waals surface area contributed by atoms with Crippen LogP contribution in [-0.4, -0.2) is 120 Å². The van der Waals surface area contributed by atoms with Gasteiger partial charge in [-0.1, -0.05) is 63.2 Å². The lowest BCUT2D eigenvalue weighted by molar-refractivity contribution is -0.300. The third-order valence-corrected chi connectivity index (χ3v) is 12.0. The first-order valence-electron chi connectivity index (χ1n) is 18.9. The molecule has 4 heterocycles. The average Bonchev–Trinajstić information content (AvgIpc) is 3.65. The highest BCUT2D eigenvalue weighted by atomic mass is 16.7. The van der Waals surface area contributed by atoms with E-state index in [0.29, 0.717) is 25.7 Å². The maximum absolute atomic E-state index is 14.2. The molecule has 12 nitrogen and oxygen atoms in total. The van der Waals surface area contributed by atoms with Crippen LogP contribution in [0.1, 0.15) is 86.6 Å². The Morgan fingerprint density at radius 3 is 2.41 bits per heavy atom. The fourth-order valence-electron chi connectivity index (χ4n) is 9.10. The smallest absolute Gasteiger partial charge is 0.311 e. The largest absolute Gasteiger partial charge is 0.459 e. The summed E-state index contributed by atoms with van der Waals surface area (Å²) in [5.74, 6) is -2.04. The van der Waals surface area contributed by atoms with Crippen molar-refractivity contribution in [2.45, 2.75) is 153 Å². The zero-order chi connectivity index (χ0) is 37.4. The van der Waals surface area contributed by atoms with Gasteiger partial charge in [-0.25, -0.2) is 0 Å². The molecule has 12 heteroatoms. The number of fused-ring (bicyclic) bond motifs is 2. The predicted octanol–water partition coefficient (Wildman–Crippen LogP) is 3.88. The van der Waals surface area contributed by atoms with Crippen LogP contribution in [-0.2, 0) is 33.3 Å². The minimum atomic E-state index is -1.47.